The lowest BCUT2D eigenvalue weighted by atomic mass is 10.2. The second-order valence-electron chi connectivity index (χ2n) is 4.76. The van der Waals surface area contributed by atoms with E-state index in [2.05, 4.69) is 19.6 Å². The molecule has 0 N–H and O–H groups in total. The van der Waals surface area contributed by atoms with Gasteiger partial charge in [0, 0.05) is 8.07 Å². The summed E-state index contributed by atoms with van der Waals surface area (Å²) in [5.41, 5.74) is 0. The normalized spacial score (nSPS) is 23.7. The van der Waals surface area contributed by atoms with Crippen LogP contribution in [-0.4, -0.2) is 20.8 Å². The monoisotopic (exact) mass is 172 g/mol. The Kier molecular flexibility index (Phi) is 3.13. The standard InChI is InChI=1S/C9H20OSi/c1-11(2,3)7-5-4-6-9-8-10-9/h9H,4-8H2,1-3H3. The molecule has 1 rings (SSSR count). The van der Waals surface area contributed by atoms with Crippen LogP contribution in [0.3, 0.4) is 0 Å². The Hall–Kier alpha value is 0.177. The van der Waals surface area contributed by atoms with Crippen LogP contribution in [0.15, 0.2) is 0 Å². The van der Waals surface area contributed by atoms with Crippen molar-refractivity contribution in [1.29, 1.82) is 0 Å². The molecule has 1 nitrogen and oxygen atoms in total. The smallest absolute Gasteiger partial charge is 0.0810 e. The molecule has 0 saturated carbocycles. The van der Waals surface area contributed by atoms with E-state index in [4.69, 9.17) is 4.74 Å². The van der Waals surface area contributed by atoms with Crippen LogP contribution >= 0.6 is 0 Å². The molecule has 66 valence electrons. The van der Waals surface area contributed by atoms with Gasteiger partial charge in [-0.15, -0.1) is 0 Å². The molecule has 1 fully saturated rings. The quantitative estimate of drug-likeness (QED) is 0.353. The summed E-state index contributed by atoms with van der Waals surface area (Å²) in [4.78, 5) is 0. The van der Waals surface area contributed by atoms with E-state index >= 15 is 0 Å². The van der Waals surface area contributed by atoms with Gasteiger partial charge in [-0.25, -0.2) is 0 Å². The van der Waals surface area contributed by atoms with Gasteiger partial charge in [0.25, 0.3) is 0 Å². The molecule has 11 heavy (non-hydrogen) atoms. The van der Waals surface area contributed by atoms with E-state index in [1.165, 1.54) is 25.3 Å². The van der Waals surface area contributed by atoms with Gasteiger partial charge in [-0.05, 0) is 6.42 Å². The van der Waals surface area contributed by atoms with Crippen LogP contribution in [-0.2, 0) is 4.74 Å². The van der Waals surface area contributed by atoms with E-state index in [0.29, 0.717) is 6.10 Å². The van der Waals surface area contributed by atoms with Gasteiger partial charge in [-0.1, -0.05) is 38.5 Å². The zero-order valence-corrected chi connectivity index (χ0v) is 9.02. The molecule has 2 heteroatoms. The second-order valence-corrected chi connectivity index (χ2v) is 10.4. The van der Waals surface area contributed by atoms with Crippen molar-refractivity contribution < 1.29 is 4.74 Å². The third kappa shape index (κ3) is 5.45. The fraction of sp³-hybridized carbons (Fsp3) is 1.00. The van der Waals surface area contributed by atoms with Crippen molar-refractivity contribution in [2.24, 2.45) is 0 Å². The molecule has 0 aromatic carbocycles. The molecular formula is C9H20OSi. The average Bonchev–Trinajstić information content (AvgIpc) is 2.60. The summed E-state index contributed by atoms with van der Waals surface area (Å²) in [6.07, 6.45) is 4.77. The first-order valence-electron chi connectivity index (χ1n) is 4.69. The van der Waals surface area contributed by atoms with Gasteiger partial charge in [-0.2, -0.15) is 0 Å². The molecule has 0 bridgehead atoms. The van der Waals surface area contributed by atoms with Gasteiger partial charge in [0.15, 0.2) is 0 Å². The molecule has 0 aliphatic carbocycles. The lowest BCUT2D eigenvalue weighted by Gasteiger charge is -2.14. The van der Waals surface area contributed by atoms with E-state index in [-0.39, 0.29) is 0 Å². The van der Waals surface area contributed by atoms with Crippen molar-refractivity contribution in [3.63, 3.8) is 0 Å². The topological polar surface area (TPSA) is 12.5 Å². The Bertz CT molecular complexity index is 113. The fourth-order valence-corrected chi connectivity index (χ4v) is 2.57. The first-order valence-corrected chi connectivity index (χ1v) is 8.40. The Balaban J connectivity index is 1.87. The largest absolute Gasteiger partial charge is 0.373 e. The van der Waals surface area contributed by atoms with Gasteiger partial charge in [0.1, 0.15) is 0 Å². The zero-order chi connectivity index (χ0) is 8.32. The van der Waals surface area contributed by atoms with Crippen LogP contribution < -0.4 is 0 Å². The molecule has 0 radical (unpaired) electrons. The van der Waals surface area contributed by atoms with E-state index in [1.807, 2.05) is 0 Å². The molecule has 1 heterocycles. The molecule has 1 atom stereocenters. The molecule has 1 saturated heterocycles. The van der Waals surface area contributed by atoms with Gasteiger partial charge in [0.05, 0.1) is 12.7 Å². The van der Waals surface area contributed by atoms with E-state index in [9.17, 15) is 0 Å². The minimum absolute atomic E-state index is 0.650. The number of epoxide rings is 1. The summed E-state index contributed by atoms with van der Waals surface area (Å²) < 4.78 is 5.15. The first-order chi connectivity index (χ1) is 5.08. The third-order valence-corrected chi connectivity index (χ3v) is 3.96. The molecular weight excluding hydrogens is 152 g/mol. The summed E-state index contributed by atoms with van der Waals surface area (Å²) in [5.74, 6) is 0. The van der Waals surface area contributed by atoms with Crippen LogP contribution in [0.2, 0.25) is 25.7 Å². The van der Waals surface area contributed by atoms with Gasteiger partial charge < -0.3 is 4.74 Å². The minimum Gasteiger partial charge on any atom is -0.373 e. The summed E-state index contributed by atoms with van der Waals surface area (Å²) in [7, 11) is -0.750. The highest BCUT2D eigenvalue weighted by Crippen LogP contribution is 2.19. The summed E-state index contributed by atoms with van der Waals surface area (Å²) >= 11 is 0. The molecule has 1 aliphatic rings. The van der Waals surface area contributed by atoms with Crippen molar-refractivity contribution in [2.45, 2.75) is 51.1 Å². The molecule has 1 unspecified atom stereocenters. The van der Waals surface area contributed by atoms with E-state index in [0.717, 1.165) is 6.61 Å². The predicted molar refractivity (Wildman–Crippen MR) is 51.7 cm³/mol. The predicted octanol–water partition coefficient (Wildman–Crippen LogP) is 2.89. The molecule has 0 aromatic rings. The Labute approximate surface area is 71.1 Å². The number of hydrogen-bond donors (Lipinski definition) is 0. The average molecular weight is 172 g/mol. The number of hydrogen-bond acceptors (Lipinski definition) is 1. The Morgan fingerprint density at radius 2 is 1.91 bits per heavy atom. The van der Waals surface area contributed by atoms with Gasteiger partial charge >= 0.3 is 0 Å². The van der Waals surface area contributed by atoms with Crippen LogP contribution in [0, 0.1) is 0 Å². The second kappa shape index (κ2) is 3.72. The fourth-order valence-electron chi connectivity index (χ4n) is 1.26. The lowest BCUT2D eigenvalue weighted by Crippen LogP contribution is -2.18. The number of rotatable bonds is 5. The summed E-state index contributed by atoms with van der Waals surface area (Å²) in [5, 5.41) is 0. The van der Waals surface area contributed by atoms with Gasteiger partial charge in [0.2, 0.25) is 0 Å². The van der Waals surface area contributed by atoms with Gasteiger partial charge in [-0.3, -0.25) is 0 Å². The van der Waals surface area contributed by atoms with Crippen LogP contribution in [0.1, 0.15) is 19.3 Å². The van der Waals surface area contributed by atoms with Crippen molar-refractivity contribution in [2.75, 3.05) is 6.61 Å². The third-order valence-electron chi connectivity index (χ3n) is 2.11. The maximum Gasteiger partial charge on any atom is 0.0810 e. The first kappa shape index (κ1) is 9.27. The van der Waals surface area contributed by atoms with Crippen LogP contribution in [0.5, 0.6) is 0 Å². The highest BCUT2D eigenvalue weighted by molar-refractivity contribution is 6.76. The lowest BCUT2D eigenvalue weighted by molar-refractivity contribution is 0.391. The maximum atomic E-state index is 5.15. The van der Waals surface area contributed by atoms with Crippen LogP contribution in [0.25, 0.3) is 0 Å². The molecule has 1 aliphatic heterocycles. The summed E-state index contributed by atoms with van der Waals surface area (Å²) in [6, 6.07) is 1.49. The van der Waals surface area contributed by atoms with Crippen molar-refractivity contribution in [3.05, 3.63) is 0 Å². The van der Waals surface area contributed by atoms with E-state index < -0.39 is 8.07 Å². The SMILES string of the molecule is C[Si](C)(C)CCCCC1CO1. The molecule has 0 aromatic heterocycles. The van der Waals surface area contributed by atoms with Crippen molar-refractivity contribution in [3.8, 4) is 0 Å². The van der Waals surface area contributed by atoms with Crippen molar-refractivity contribution >= 4 is 8.07 Å². The number of unbranched alkanes of at least 4 members (excludes halogenated alkanes) is 1. The maximum absolute atomic E-state index is 5.15. The Morgan fingerprint density at radius 3 is 2.36 bits per heavy atom. The van der Waals surface area contributed by atoms with Crippen LogP contribution in [0.4, 0.5) is 0 Å². The zero-order valence-electron chi connectivity index (χ0n) is 8.02. The Morgan fingerprint density at radius 1 is 1.27 bits per heavy atom. The van der Waals surface area contributed by atoms with Crippen molar-refractivity contribution in [1.82, 2.24) is 0 Å². The summed E-state index contributed by atoms with van der Waals surface area (Å²) in [6.45, 7) is 8.37. The highest BCUT2D eigenvalue weighted by Gasteiger charge is 2.21. The highest BCUT2D eigenvalue weighted by atomic mass is 28.3. The minimum atomic E-state index is -0.750. The number of ether oxygens (including phenoxy) is 1. The molecule has 0 spiro atoms. The molecule has 0 amide bonds. The van der Waals surface area contributed by atoms with E-state index in [1.54, 1.807) is 0 Å².